The fraction of sp³-hybridized carbons (Fsp3) is 0.333. The van der Waals surface area contributed by atoms with Gasteiger partial charge in [0.15, 0.2) is 0 Å². The molecule has 2 rings (SSSR count). The van der Waals surface area contributed by atoms with Gasteiger partial charge in [0, 0.05) is 10.4 Å². The number of carboxylic acid groups (broad SMARTS) is 1. The Hall–Kier alpha value is -1.62. The summed E-state index contributed by atoms with van der Waals surface area (Å²) in [5.74, 6) is -1.08. The van der Waals surface area contributed by atoms with E-state index in [1.807, 2.05) is 36.4 Å². The van der Waals surface area contributed by atoms with Gasteiger partial charge in [0.2, 0.25) is 5.91 Å². The first-order valence-electron chi connectivity index (χ1n) is 6.49. The van der Waals surface area contributed by atoms with Gasteiger partial charge in [-0.2, -0.15) is 0 Å². The fourth-order valence-electron chi connectivity index (χ4n) is 2.24. The lowest BCUT2D eigenvalue weighted by Gasteiger charge is -2.20. The third-order valence-corrected chi connectivity index (χ3v) is 3.87. The molecule has 0 bridgehead atoms. The molecule has 0 aliphatic heterocycles. The topological polar surface area (TPSA) is 66.4 Å². The van der Waals surface area contributed by atoms with Gasteiger partial charge in [0.05, 0.1) is 12.5 Å². The van der Waals surface area contributed by atoms with Crippen molar-refractivity contribution < 1.29 is 14.7 Å². The Morgan fingerprint density at radius 1 is 1.25 bits per heavy atom. The summed E-state index contributed by atoms with van der Waals surface area (Å²) in [5.41, 5.74) is 0.801. The zero-order chi connectivity index (χ0) is 14.5. The Morgan fingerprint density at radius 3 is 2.40 bits per heavy atom. The van der Waals surface area contributed by atoms with Gasteiger partial charge >= 0.3 is 5.97 Å². The van der Waals surface area contributed by atoms with E-state index >= 15 is 0 Å². The second kappa shape index (κ2) is 6.70. The molecule has 20 heavy (non-hydrogen) atoms. The molecule has 0 aromatic heterocycles. The first-order chi connectivity index (χ1) is 9.56. The maximum absolute atomic E-state index is 12.1. The van der Waals surface area contributed by atoms with Gasteiger partial charge in [-0.05, 0) is 30.5 Å². The van der Waals surface area contributed by atoms with Crippen molar-refractivity contribution in [3.05, 3.63) is 46.5 Å². The van der Waals surface area contributed by atoms with Crippen LogP contribution in [0.3, 0.4) is 0 Å². The fourth-order valence-corrected chi connectivity index (χ4v) is 2.51. The third-order valence-electron chi connectivity index (χ3n) is 3.35. The molecule has 0 radical (unpaired) electrons. The highest BCUT2D eigenvalue weighted by Crippen LogP contribution is 2.23. The van der Waals surface area contributed by atoms with Crippen LogP contribution >= 0.6 is 15.9 Å². The van der Waals surface area contributed by atoms with Crippen LogP contribution in [0.5, 0.6) is 0 Å². The molecule has 1 aromatic carbocycles. The summed E-state index contributed by atoms with van der Waals surface area (Å²) >= 11 is 3.34. The van der Waals surface area contributed by atoms with Crippen LogP contribution in [0.25, 0.3) is 0 Å². The zero-order valence-corrected chi connectivity index (χ0v) is 12.5. The van der Waals surface area contributed by atoms with E-state index in [-0.39, 0.29) is 18.2 Å². The summed E-state index contributed by atoms with van der Waals surface area (Å²) in [5, 5.41) is 11.9. The average Bonchev–Trinajstić information content (AvgIpc) is 2.92. The molecule has 0 saturated heterocycles. The van der Waals surface area contributed by atoms with Crippen molar-refractivity contribution in [3.8, 4) is 0 Å². The summed E-state index contributed by atoms with van der Waals surface area (Å²) in [4.78, 5) is 23.1. The van der Waals surface area contributed by atoms with Gasteiger partial charge in [0.1, 0.15) is 0 Å². The monoisotopic (exact) mass is 337 g/mol. The highest BCUT2D eigenvalue weighted by atomic mass is 79.9. The Morgan fingerprint density at radius 2 is 1.85 bits per heavy atom. The molecule has 5 heteroatoms. The van der Waals surface area contributed by atoms with Crippen LogP contribution in [0.4, 0.5) is 0 Å². The van der Waals surface area contributed by atoms with E-state index in [4.69, 9.17) is 5.11 Å². The Balaban J connectivity index is 2.08. The first-order valence-corrected chi connectivity index (χ1v) is 7.28. The molecule has 0 heterocycles. The maximum atomic E-state index is 12.1. The summed E-state index contributed by atoms with van der Waals surface area (Å²) in [6.45, 7) is 0. The number of nitrogens with one attached hydrogen (secondary N) is 1. The number of allylic oxidation sites excluding steroid dienone is 2. The molecule has 1 aliphatic rings. The van der Waals surface area contributed by atoms with Gasteiger partial charge in [-0.3, -0.25) is 9.59 Å². The van der Waals surface area contributed by atoms with Crippen LogP contribution in [0.1, 0.15) is 30.9 Å². The van der Waals surface area contributed by atoms with Gasteiger partial charge in [-0.1, -0.05) is 40.2 Å². The first kappa shape index (κ1) is 14.8. The van der Waals surface area contributed by atoms with Crippen molar-refractivity contribution in [1.29, 1.82) is 0 Å². The van der Waals surface area contributed by atoms with E-state index in [1.54, 1.807) is 0 Å². The molecule has 106 valence electrons. The van der Waals surface area contributed by atoms with Crippen molar-refractivity contribution in [2.75, 3.05) is 0 Å². The maximum Gasteiger partial charge on any atom is 0.305 e. The molecule has 0 saturated carbocycles. The lowest BCUT2D eigenvalue weighted by molar-refractivity contribution is -0.137. The van der Waals surface area contributed by atoms with Crippen LogP contribution in [0.2, 0.25) is 0 Å². The molecule has 0 unspecified atom stereocenters. The van der Waals surface area contributed by atoms with E-state index < -0.39 is 12.0 Å². The highest BCUT2D eigenvalue weighted by molar-refractivity contribution is 9.10. The summed E-state index contributed by atoms with van der Waals surface area (Å²) < 4.78 is 0.918. The molecule has 0 fully saturated rings. The minimum atomic E-state index is -0.928. The van der Waals surface area contributed by atoms with E-state index in [0.29, 0.717) is 0 Å². The molecular formula is C15H16BrNO3. The van der Waals surface area contributed by atoms with Crippen LogP contribution in [0.15, 0.2) is 40.9 Å². The second-order valence-electron chi connectivity index (χ2n) is 4.85. The van der Waals surface area contributed by atoms with Crippen molar-refractivity contribution in [1.82, 2.24) is 5.32 Å². The summed E-state index contributed by atoms with van der Waals surface area (Å²) in [6, 6.07) is 6.84. The van der Waals surface area contributed by atoms with Crippen LogP contribution in [0, 0.1) is 5.92 Å². The van der Waals surface area contributed by atoms with E-state index in [9.17, 15) is 9.59 Å². The van der Waals surface area contributed by atoms with Gasteiger partial charge in [-0.15, -0.1) is 0 Å². The average molecular weight is 338 g/mol. The number of halogens is 1. The number of hydrogen-bond acceptors (Lipinski definition) is 2. The lowest BCUT2D eigenvalue weighted by atomic mass is 10.0. The molecule has 2 N–H and O–H groups in total. The smallest absolute Gasteiger partial charge is 0.305 e. The van der Waals surface area contributed by atoms with Gasteiger partial charge in [-0.25, -0.2) is 0 Å². The van der Waals surface area contributed by atoms with Gasteiger partial charge < -0.3 is 10.4 Å². The Kier molecular flexibility index (Phi) is 4.95. The van der Waals surface area contributed by atoms with Crippen molar-refractivity contribution in [2.45, 2.75) is 25.3 Å². The molecule has 1 aromatic rings. The number of amides is 1. The highest BCUT2D eigenvalue weighted by Gasteiger charge is 2.24. The molecule has 0 spiro atoms. The molecule has 4 nitrogen and oxygen atoms in total. The molecule has 1 aliphatic carbocycles. The molecule has 1 atom stereocenters. The second-order valence-corrected chi connectivity index (χ2v) is 5.77. The van der Waals surface area contributed by atoms with Crippen LogP contribution in [-0.2, 0) is 9.59 Å². The summed E-state index contributed by atoms with van der Waals surface area (Å²) in [7, 11) is 0. The number of carboxylic acids is 1. The van der Waals surface area contributed by atoms with Crippen molar-refractivity contribution >= 4 is 27.8 Å². The number of rotatable bonds is 5. The van der Waals surface area contributed by atoms with Crippen LogP contribution in [-0.4, -0.2) is 17.0 Å². The van der Waals surface area contributed by atoms with Gasteiger partial charge in [0.25, 0.3) is 0 Å². The van der Waals surface area contributed by atoms with E-state index in [2.05, 4.69) is 21.2 Å². The minimum absolute atomic E-state index is 0.0678. The van der Waals surface area contributed by atoms with Crippen molar-refractivity contribution in [3.63, 3.8) is 0 Å². The van der Waals surface area contributed by atoms with E-state index in [1.165, 1.54) is 0 Å². The largest absolute Gasteiger partial charge is 0.481 e. The number of carbonyl (C=O) groups is 2. The third kappa shape index (κ3) is 3.93. The normalized spacial score (nSPS) is 16.1. The molecule has 1 amide bonds. The minimum Gasteiger partial charge on any atom is -0.481 e. The standard InChI is InChI=1S/C15H16BrNO3/c16-12-7-5-10(6-8-12)13(9-14(18)19)17-15(20)11-3-1-2-4-11/h1-2,5-8,11,13H,3-4,9H2,(H,17,20)(H,18,19)/t13-/m1/s1. The Labute approximate surface area is 126 Å². The number of aliphatic carboxylic acids is 1. The quantitative estimate of drug-likeness (QED) is 0.811. The number of benzene rings is 1. The molecular weight excluding hydrogens is 322 g/mol. The van der Waals surface area contributed by atoms with E-state index in [0.717, 1.165) is 22.9 Å². The van der Waals surface area contributed by atoms with Crippen molar-refractivity contribution in [2.24, 2.45) is 5.92 Å². The summed E-state index contributed by atoms with van der Waals surface area (Å²) in [6.07, 6.45) is 5.30. The predicted molar refractivity (Wildman–Crippen MR) is 79.1 cm³/mol. The van der Waals surface area contributed by atoms with Crippen LogP contribution < -0.4 is 5.32 Å². The SMILES string of the molecule is O=C(O)C[C@@H](NC(=O)C1CC=CC1)c1ccc(Br)cc1. The lowest BCUT2D eigenvalue weighted by Crippen LogP contribution is -2.34. The number of carbonyl (C=O) groups excluding carboxylic acids is 1. The predicted octanol–water partition coefficient (Wildman–Crippen LogP) is 3.05. The Bertz CT molecular complexity index is 516. The zero-order valence-electron chi connectivity index (χ0n) is 10.9. The number of hydrogen-bond donors (Lipinski definition) is 2.